The highest BCUT2D eigenvalue weighted by Crippen LogP contribution is 2.33. The van der Waals surface area contributed by atoms with E-state index < -0.39 is 0 Å². The number of allylic oxidation sites excluding steroid dienone is 2. The molecule has 13 heavy (non-hydrogen) atoms. The molecule has 1 nitrogen and oxygen atoms in total. The van der Waals surface area contributed by atoms with E-state index in [2.05, 4.69) is 29.3 Å². The van der Waals surface area contributed by atoms with Crippen molar-refractivity contribution in [2.75, 3.05) is 0 Å². The molecule has 0 saturated carbocycles. The van der Waals surface area contributed by atoms with Gasteiger partial charge >= 0.3 is 0 Å². The van der Waals surface area contributed by atoms with Gasteiger partial charge in [0.2, 0.25) is 0 Å². The van der Waals surface area contributed by atoms with Crippen molar-refractivity contribution in [3.8, 4) is 0 Å². The molecule has 3 rings (SSSR count). The second kappa shape index (κ2) is 2.73. The number of rotatable bonds is 0. The number of hydrogen-bond donors (Lipinski definition) is 1. The van der Waals surface area contributed by atoms with E-state index in [1.165, 1.54) is 30.4 Å². The van der Waals surface area contributed by atoms with Crippen molar-refractivity contribution in [3.05, 3.63) is 41.2 Å². The highest BCUT2D eigenvalue weighted by atomic mass is 15.0. The van der Waals surface area contributed by atoms with Crippen LogP contribution < -0.4 is 5.32 Å². The van der Waals surface area contributed by atoms with Crippen molar-refractivity contribution in [1.82, 2.24) is 5.32 Å². The van der Waals surface area contributed by atoms with Crippen LogP contribution in [0.3, 0.4) is 0 Å². The Labute approximate surface area is 78.5 Å². The van der Waals surface area contributed by atoms with Crippen molar-refractivity contribution in [2.45, 2.75) is 31.3 Å². The summed E-state index contributed by atoms with van der Waals surface area (Å²) >= 11 is 0. The van der Waals surface area contributed by atoms with Crippen LogP contribution in [0.15, 0.2) is 41.2 Å². The van der Waals surface area contributed by atoms with Crippen LogP contribution in [-0.2, 0) is 0 Å². The van der Waals surface area contributed by atoms with Crippen LogP contribution >= 0.6 is 0 Å². The van der Waals surface area contributed by atoms with Crippen molar-refractivity contribution in [1.29, 1.82) is 0 Å². The molecule has 3 aliphatic rings. The highest BCUT2D eigenvalue weighted by molar-refractivity contribution is 5.49. The predicted octanol–water partition coefficient (Wildman–Crippen LogP) is 2.09. The van der Waals surface area contributed by atoms with Gasteiger partial charge in [0.05, 0.1) is 6.04 Å². The maximum atomic E-state index is 3.62. The molecule has 0 bridgehead atoms. The van der Waals surface area contributed by atoms with Crippen LogP contribution in [0.2, 0.25) is 0 Å². The van der Waals surface area contributed by atoms with Gasteiger partial charge in [0.15, 0.2) is 0 Å². The van der Waals surface area contributed by atoms with E-state index in [0.717, 1.165) is 0 Å². The lowest BCUT2D eigenvalue weighted by Crippen LogP contribution is -2.29. The second-order valence-electron chi connectivity index (χ2n) is 3.90. The first-order chi connectivity index (χ1) is 6.45. The molecule has 0 aromatic rings. The van der Waals surface area contributed by atoms with Gasteiger partial charge in [-0.2, -0.15) is 0 Å². The normalized spacial score (nSPS) is 35.1. The van der Waals surface area contributed by atoms with Crippen LogP contribution in [0.1, 0.15) is 19.3 Å². The highest BCUT2D eigenvalue weighted by Gasteiger charge is 2.33. The van der Waals surface area contributed by atoms with Crippen LogP contribution in [0.4, 0.5) is 0 Å². The summed E-state index contributed by atoms with van der Waals surface area (Å²) in [5.74, 6) is 0. The van der Waals surface area contributed by atoms with Crippen molar-refractivity contribution >= 4 is 0 Å². The summed E-state index contributed by atoms with van der Waals surface area (Å²) in [7, 11) is 0. The minimum absolute atomic E-state index is 0.444. The third-order valence-corrected chi connectivity index (χ3v) is 3.08. The minimum Gasteiger partial charge on any atom is -0.299 e. The smallest absolute Gasteiger partial charge is 0.0591 e. The minimum atomic E-state index is 0.444. The molecule has 0 spiro atoms. The summed E-state index contributed by atoms with van der Waals surface area (Å²) < 4.78 is 0. The lowest BCUT2D eigenvalue weighted by atomic mass is 9.91. The molecular formula is C12H13N. The van der Waals surface area contributed by atoms with E-state index in [1.54, 1.807) is 0 Å². The molecule has 2 aliphatic carbocycles. The molecule has 0 aromatic heterocycles. The van der Waals surface area contributed by atoms with E-state index in [0.29, 0.717) is 12.1 Å². The van der Waals surface area contributed by atoms with Gasteiger partial charge in [-0.1, -0.05) is 18.2 Å². The Morgan fingerprint density at radius 1 is 1.46 bits per heavy atom. The maximum Gasteiger partial charge on any atom is 0.0591 e. The first-order valence-corrected chi connectivity index (χ1v) is 5.05. The second-order valence-corrected chi connectivity index (χ2v) is 3.90. The molecule has 1 saturated heterocycles. The maximum absolute atomic E-state index is 3.62. The van der Waals surface area contributed by atoms with Crippen LogP contribution in [0.5, 0.6) is 0 Å². The van der Waals surface area contributed by atoms with Crippen molar-refractivity contribution < 1.29 is 0 Å². The van der Waals surface area contributed by atoms with E-state index in [1.807, 2.05) is 6.08 Å². The first-order valence-electron chi connectivity index (χ1n) is 5.05. The van der Waals surface area contributed by atoms with Gasteiger partial charge in [0, 0.05) is 11.6 Å². The quantitative estimate of drug-likeness (QED) is 0.550. The standard InChI is InChI=1S/C12H13N/c1-3-7-11-9(5-1)10-6-2-4-8-12(10)13-11/h1,3,6-7,11-13H,2,4,8H2. The van der Waals surface area contributed by atoms with Gasteiger partial charge in [-0.25, -0.2) is 0 Å². The zero-order valence-electron chi connectivity index (χ0n) is 7.59. The summed E-state index contributed by atoms with van der Waals surface area (Å²) in [5, 5.41) is 3.62. The average molecular weight is 171 g/mol. The van der Waals surface area contributed by atoms with Gasteiger partial charge < -0.3 is 0 Å². The third kappa shape index (κ3) is 1.05. The predicted molar refractivity (Wildman–Crippen MR) is 53.4 cm³/mol. The lowest BCUT2D eigenvalue weighted by Gasteiger charge is -2.16. The summed E-state index contributed by atoms with van der Waals surface area (Å²) in [6.45, 7) is 0. The van der Waals surface area contributed by atoms with Crippen molar-refractivity contribution in [3.63, 3.8) is 0 Å². The Morgan fingerprint density at radius 2 is 2.46 bits per heavy atom. The Kier molecular flexibility index (Phi) is 1.55. The van der Waals surface area contributed by atoms with Crippen LogP contribution in [0, 0.1) is 0 Å². The van der Waals surface area contributed by atoms with Gasteiger partial charge in [-0.05, 0) is 30.9 Å². The Morgan fingerprint density at radius 3 is 3.46 bits per heavy atom. The zero-order valence-corrected chi connectivity index (χ0v) is 7.59. The largest absolute Gasteiger partial charge is 0.299 e. The fourth-order valence-electron chi connectivity index (χ4n) is 2.46. The van der Waals surface area contributed by atoms with E-state index in [4.69, 9.17) is 0 Å². The topological polar surface area (TPSA) is 12.0 Å². The molecule has 0 amide bonds. The third-order valence-electron chi connectivity index (χ3n) is 3.08. The molecule has 1 heterocycles. The number of nitrogens with one attached hydrogen (secondary N) is 1. The Bertz CT molecular complexity index is 353. The molecular weight excluding hydrogens is 158 g/mol. The van der Waals surface area contributed by atoms with Gasteiger partial charge in [0.1, 0.15) is 0 Å². The van der Waals surface area contributed by atoms with Gasteiger partial charge in [-0.15, -0.1) is 5.73 Å². The van der Waals surface area contributed by atoms with E-state index in [-0.39, 0.29) is 0 Å². The SMILES string of the molecule is C1=CC=CC2NC3CCCC=C3C=12. The number of fused-ring (bicyclic) bond motifs is 3. The summed E-state index contributed by atoms with van der Waals surface area (Å²) in [5.41, 5.74) is 6.25. The van der Waals surface area contributed by atoms with E-state index >= 15 is 0 Å². The van der Waals surface area contributed by atoms with Gasteiger partial charge in [0.25, 0.3) is 0 Å². The molecule has 1 N–H and O–H groups in total. The zero-order chi connectivity index (χ0) is 8.67. The van der Waals surface area contributed by atoms with Crippen LogP contribution in [-0.4, -0.2) is 12.1 Å². The van der Waals surface area contributed by atoms with Crippen LogP contribution in [0.25, 0.3) is 0 Å². The summed E-state index contributed by atoms with van der Waals surface area (Å²) in [4.78, 5) is 0. The lowest BCUT2D eigenvalue weighted by molar-refractivity contribution is 0.544. The first kappa shape index (κ1) is 7.37. The van der Waals surface area contributed by atoms with E-state index in [9.17, 15) is 0 Å². The molecule has 66 valence electrons. The average Bonchev–Trinajstić information content (AvgIpc) is 2.56. The monoisotopic (exact) mass is 171 g/mol. The molecule has 0 aromatic carbocycles. The molecule has 2 atom stereocenters. The number of hydrogen-bond acceptors (Lipinski definition) is 1. The Balaban J connectivity index is 2.08. The molecule has 0 radical (unpaired) electrons. The summed E-state index contributed by atoms with van der Waals surface area (Å²) in [6, 6.07) is 1.05. The molecule has 1 aliphatic heterocycles. The molecule has 2 unspecified atom stereocenters. The van der Waals surface area contributed by atoms with Gasteiger partial charge in [-0.3, -0.25) is 5.32 Å². The molecule has 1 heteroatoms. The molecule has 1 fully saturated rings. The summed E-state index contributed by atoms with van der Waals surface area (Å²) in [6.07, 6.45) is 12.6. The fourth-order valence-corrected chi connectivity index (χ4v) is 2.46. The van der Waals surface area contributed by atoms with Crippen molar-refractivity contribution in [2.24, 2.45) is 0 Å². The Hall–Kier alpha value is -1.04. The fraction of sp³-hybridized carbons (Fsp3) is 0.417.